The molecule has 0 saturated heterocycles. The summed E-state index contributed by atoms with van der Waals surface area (Å²) in [6.07, 6.45) is 0. The second kappa shape index (κ2) is 7.06. The molecule has 0 bridgehead atoms. The molecule has 0 spiro atoms. The predicted octanol–water partition coefficient (Wildman–Crippen LogP) is 1.64. The molecular formula is C13H21N3O3. The van der Waals surface area contributed by atoms with Crippen molar-refractivity contribution in [2.24, 2.45) is 0 Å². The van der Waals surface area contributed by atoms with Crippen molar-refractivity contribution in [3.8, 4) is 5.75 Å². The van der Waals surface area contributed by atoms with Crippen LogP contribution in [0.4, 0.5) is 5.69 Å². The third-order valence-corrected chi connectivity index (χ3v) is 3.09. The third kappa shape index (κ3) is 4.50. The van der Waals surface area contributed by atoms with Crippen LogP contribution in [0.15, 0.2) is 18.2 Å². The number of hydrogen-bond acceptors (Lipinski definition) is 5. The Hall–Kier alpha value is -1.66. The summed E-state index contributed by atoms with van der Waals surface area (Å²) in [4.78, 5) is 12.6. The van der Waals surface area contributed by atoms with Crippen molar-refractivity contribution in [1.82, 2.24) is 10.2 Å². The summed E-state index contributed by atoms with van der Waals surface area (Å²) in [5.74, 6) is 0.287. The molecule has 0 heterocycles. The molecule has 0 saturated carbocycles. The van der Waals surface area contributed by atoms with Gasteiger partial charge >= 0.3 is 5.69 Å². The highest BCUT2D eigenvalue weighted by Gasteiger charge is 2.15. The second-order valence-electron chi connectivity index (χ2n) is 4.71. The summed E-state index contributed by atoms with van der Waals surface area (Å²) in [5.41, 5.74) is 0.876. The third-order valence-electron chi connectivity index (χ3n) is 3.09. The molecule has 1 rings (SSSR count). The smallest absolute Gasteiger partial charge is 0.311 e. The topological polar surface area (TPSA) is 67.6 Å². The van der Waals surface area contributed by atoms with E-state index in [0.29, 0.717) is 12.6 Å². The SMILES string of the molecule is COc1ccc(CNCC(C)N(C)C)cc1[N+](=O)[O-]. The van der Waals surface area contributed by atoms with Gasteiger partial charge in [0.2, 0.25) is 0 Å². The Kier molecular flexibility index (Phi) is 5.72. The first-order chi connectivity index (χ1) is 8.95. The van der Waals surface area contributed by atoms with Crippen molar-refractivity contribution in [3.05, 3.63) is 33.9 Å². The number of benzene rings is 1. The minimum absolute atomic E-state index is 0.00228. The molecule has 19 heavy (non-hydrogen) atoms. The molecular weight excluding hydrogens is 246 g/mol. The predicted molar refractivity (Wildman–Crippen MR) is 74.5 cm³/mol. The van der Waals surface area contributed by atoms with E-state index in [1.165, 1.54) is 7.11 Å². The normalized spacial score (nSPS) is 12.5. The van der Waals surface area contributed by atoms with E-state index in [-0.39, 0.29) is 11.4 Å². The molecule has 1 aromatic rings. The Bertz CT molecular complexity index is 435. The Morgan fingerprint density at radius 2 is 2.16 bits per heavy atom. The van der Waals surface area contributed by atoms with Crippen LogP contribution in [0.2, 0.25) is 0 Å². The van der Waals surface area contributed by atoms with Gasteiger partial charge in [-0.3, -0.25) is 10.1 Å². The van der Waals surface area contributed by atoms with Crippen LogP contribution in [-0.2, 0) is 6.54 Å². The fourth-order valence-corrected chi connectivity index (χ4v) is 1.60. The number of nitro benzene ring substituents is 1. The van der Waals surface area contributed by atoms with Gasteiger partial charge < -0.3 is 15.0 Å². The Morgan fingerprint density at radius 1 is 1.47 bits per heavy atom. The first-order valence-corrected chi connectivity index (χ1v) is 6.14. The van der Waals surface area contributed by atoms with Crippen LogP contribution in [-0.4, -0.2) is 43.6 Å². The largest absolute Gasteiger partial charge is 0.490 e. The molecule has 0 amide bonds. The number of nitrogens with one attached hydrogen (secondary N) is 1. The van der Waals surface area contributed by atoms with Gasteiger partial charge in [0.15, 0.2) is 5.75 Å². The molecule has 1 aromatic carbocycles. The van der Waals surface area contributed by atoms with E-state index in [9.17, 15) is 10.1 Å². The quantitative estimate of drug-likeness (QED) is 0.601. The van der Waals surface area contributed by atoms with Crippen LogP contribution in [0.3, 0.4) is 0 Å². The lowest BCUT2D eigenvalue weighted by atomic mass is 10.2. The number of nitrogens with zero attached hydrogens (tertiary/aromatic N) is 2. The lowest BCUT2D eigenvalue weighted by Gasteiger charge is -2.20. The van der Waals surface area contributed by atoms with Gasteiger partial charge in [-0.05, 0) is 32.6 Å². The summed E-state index contributed by atoms with van der Waals surface area (Å²) in [6, 6.07) is 5.42. The molecule has 0 aliphatic carbocycles. The number of rotatable bonds is 7. The van der Waals surface area contributed by atoms with E-state index in [1.807, 2.05) is 20.2 Å². The molecule has 0 fully saturated rings. The van der Waals surface area contributed by atoms with E-state index in [2.05, 4.69) is 17.1 Å². The van der Waals surface area contributed by atoms with Gasteiger partial charge in [-0.25, -0.2) is 0 Å². The molecule has 106 valence electrons. The Balaban J connectivity index is 2.65. The summed E-state index contributed by atoms with van der Waals surface area (Å²) in [6.45, 7) is 3.54. The molecule has 0 radical (unpaired) electrons. The zero-order valence-corrected chi connectivity index (χ0v) is 11.8. The Labute approximate surface area is 113 Å². The van der Waals surface area contributed by atoms with Gasteiger partial charge in [0.05, 0.1) is 12.0 Å². The highest BCUT2D eigenvalue weighted by molar-refractivity contribution is 5.48. The van der Waals surface area contributed by atoms with Crippen LogP contribution >= 0.6 is 0 Å². The van der Waals surface area contributed by atoms with Gasteiger partial charge in [-0.15, -0.1) is 0 Å². The maximum absolute atomic E-state index is 10.9. The molecule has 0 aliphatic heterocycles. The maximum atomic E-state index is 10.9. The molecule has 1 N–H and O–H groups in total. The van der Waals surface area contributed by atoms with Gasteiger partial charge in [-0.1, -0.05) is 6.07 Å². The minimum Gasteiger partial charge on any atom is -0.490 e. The monoisotopic (exact) mass is 267 g/mol. The lowest BCUT2D eigenvalue weighted by molar-refractivity contribution is -0.385. The standard InChI is InChI=1S/C13H21N3O3/c1-10(15(2)3)8-14-9-11-5-6-13(19-4)12(7-11)16(17)18/h5-7,10,14H,8-9H2,1-4H3. The van der Waals surface area contributed by atoms with Gasteiger partial charge in [0.1, 0.15) is 0 Å². The molecule has 0 aromatic heterocycles. The number of ether oxygens (including phenoxy) is 1. The Morgan fingerprint density at radius 3 is 2.68 bits per heavy atom. The highest BCUT2D eigenvalue weighted by Crippen LogP contribution is 2.27. The zero-order chi connectivity index (χ0) is 14.4. The number of likely N-dealkylation sites (N-methyl/N-ethyl adjacent to an activating group) is 1. The van der Waals surface area contributed by atoms with E-state index >= 15 is 0 Å². The molecule has 6 nitrogen and oxygen atoms in total. The number of nitro groups is 1. The maximum Gasteiger partial charge on any atom is 0.311 e. The van der Waals surface area contributed by atoms with Crippen LogP contribution in [0, 0.1) is 10.1 Å². The zero-order valence-electron chi connectivity index (χ0n) is 11.8. The van der Waals surface area contributed by atoms with Crippen molar-refractivity contribution in [1.29, 1.82) is 0 Å². The van der Waals surface area contributed by atoms with Crippen molar-refractivity contribution < 1.29 is 9.66 Å². The van der Waals surface area contributed by atoms with Gasteiger partial charge in [0, 0.05) is 25.2 Å². The highest BCUT2D eigenvalue weighted by atomic mass is 16.6. The van der Waals surface area contributed by atoms with E-state index in [1.54, 1.807) is 12.1 Å². The van der Waals surface area contributed by atoms with Crippen LogP contribution in [0.1, 0.15) is 12.5 Å². The van der Waals surface area contributed by atoms with Crippen molar-refractivity contribution >= 4 is 5.69 Å². The molecule has 1 unspecified atom stereocenters. The average molecular weight is 267 g/mol. The first kappa shape index (κ1) is 15.4. The summed E-state index contributed by atoms with van der Waals surface area (Å²) < 4.78 is 4.97. The second-order valence-corrected chi connectivity index (χ2v) is 4.71. The fourth-order valence-electron chi connectivity index (χ4n) is 1.60. The number of methoxy groups -OCH3 is 1. The summed E-state index contributed by atoms with van der Waals surface area (Å²) in [7, 11) is 5.47. The van der Waals surface area contributed by atoms with E-state index < -0.39 is 4.92 Å². The summed E-state index contributed by atoms with van der Waals surface area (Å²) >= 11 is 0. The molecule has 1 atom stereocenters. The van der Waals surface area contributed by atoms with Crippen LogP contribution in [0.5, 0.6) is 5.75 Å². The lowest BCUT2D eigenvalue weighted by Crippen LogP contribution is -2.35. The van der Waals surface area contributed by atoms with Crippen molar-refractivity contribution in [2.45, 2.75) is 19.5 Å². The van der Waals surface area contributed by atoms with Crippen molar-refractivity contribution in [3.63, 3.8) is 0 Å². The first-order valence-electron chi connectivity index (χ1n) is 6.14. The van der Waals surface area contributed by atoms with Gasteiger partial charge in [0.25, 0.3) is 0 Å². The minimum atomic E-state index is -0.426. The van der Waals surface area contributed by atoms with E-state index in [4.69, 9.17) is 4.74 Å². The van der Waals surface area contributed by atoms with Crippen molar-refractivity contribution in [2.75, 3.05) is 27.7 Å². The average Bonchev–Trinajstić information content (AvgIpc) is 2.38. The van der Waals surface area contributed by atoms with Crippen LogP contribution in [0.25, 0.3) is 0 Å². The van der Waals surface area contributed by atoms with E-state index in [0.717, 1.165) is 12.1 Å². The van der Waals surface area contributed by atoms with Gasteiger partial charge in [-0.2, -0.15) is 0 Å². The molecule has 6 heteroatoms. The number of hydrogen-bond donors (Lipinski definition) is 1. The fraction of sp³-hybridized carbons (Fsp3) is 0.538. The molecule has 0 aliphatic rings. The van der Waals surface area contributed by atoms with Crippen LogP contribution < -0.4 is 10.1 Å². The summed E-state index contributed by atoms with van der Waals surface area (Å²) in [5, 5.41) is 14.2.